The molecule has 164 valence electrons. The first-order valence-electron chi connectivity index (χ1n) is 10.9. The van der Waals surface area contributed by atoms with E-state index in [0.29, 0.717) is 0 Å². The first kappa shape index (κ1) is 20.2. The smallest absolute Gasteiger partial charge is 0.307 e. The molecule has 2 aliphatic heterocycles. The topological polar surface area (TPSA) is 95.1 Å². The van der Waals surface area contributed by atoms with Gasteiger partial charge in [-0.25, -0.2) is 0 Å². The van der Waals surface area contributed by atoms with Crippen LogP contribution in [0.1, 0.15) is 42.1 Å². The summed E-state index contributed by atoms with van der Waals surface area (Å²) in [4.78, 5) is 11.4. The van der Waals surface area contributed by atoms with Gasteiger partial charge < -0.3 is 10.4 Å². The Labute approximate surface area is 186 Å². The van der Waals surface area contributed by atoms with Gasteiger partial charge in [0.1, 0.15) is 0 Å². The number of carboxylic acid groups (broad SMARTS) is 1. The van der Waals surface area contributed by atoms with Crippen molar-refractivity contribution in [2.45, 2.75) is 37.9 Å². The van der Waals surface area contributed by atoms with Crippen LogP contribution in [0.3, 0.4) is 0 Å². The van der Waals surface area contributed by atoms with Crippen LogP contribution in [0.4, 0.5) is 5.69 Å². The minimum atomic E-state index is -0.839. The molecule has 0 fully saturated rings. The lowest BCUT2D eigenvalue weighted by Gasteiger charge is -2.25. The second kappa shape index (κ2) is 8.11. The van der Waals surface area contributed by atoms with Crippen LogP contribution in [0.25, 0.3) is 11.1 Å². The highest BCUT2D eigenvalue weighted by Crippen LogP contribution is 2.42. The number of benzene rings is 2. The summed E-state index contributed by atoms with van der Waals surface area (Å²) in [6.45, 7) is 2.87. The van der Waals surface area contributed by atoms with E-state index in [-0.39, 0.29) is 24.5 Å². The monoisotopic (exact) mass is 430 g/mol. The second-order valence-corrected chi connectivity index (χ2v) is 8.51. The molecule has 0 saturated carbocycles. The van der Waals surface area contributed by atoms with Crippen molar-refractivity contribution in [2.75, 3.05) is 11.9 Å². The average Bonchev–Trinajstić information content (AvgIpc) is 3.33. The van der Waals surface area contributed by atoms with E-state index in [1.54, 1.807) is 4.68 Å². The molecule has 0 spiro atoms. The van der Waals surface area contributed by atoms with Crippen LogP contribution in [0.5, 0.6) is 0 Å². The molecule has 8 nitrogen and oxygen atoms in total. The van der Waals surface area contributed by atoms with Gasteiger partial charge in [-0.2, -0.15) is 10.2 Å². The van der Waals surface area contributed by atoms with Crippen LogP contribution in [-0.4, -0.2) is 38.5 Å². The van der Waals surface area contributed by atoms with Gasteiger partial charge in [0, 0.05) is 31.0 Å². The third-order valence-corrected chi connectivity index (χ3v) is 6.28. The van der Waals surface area contributed by atoms with Gasteiger partial charge in [0.2, 0.25) is 0 Å². The number of fused-ring (bicyclic) bond motifs is 3. The molecular weight excluding hydrogens is 404 g/mol. The zero-order valence-electron chi connectivity index (χ0n) is 18.1. The highest BCUT2D eigenvalue weighted by atomic mass is 16.4. The van der Waals surface area contributed by atoms with Gasteiger partial charge >= 0.3 is 5.97 Å². The number of aromatic nitrogens is 2. The van der Waals surface area contributed by atoms with Crippen LogP contribution >= 0.6 is 0 Å². The SMILES string of the molecule is CC1N=NN2CCC(Nc3ccccc3CC(=O)O)c3cc(-c4cnn(C)c4)ccc3C12. The largest absolute Gasteiger partial charge is 0.481 e. The quantitative estimate of drug-likeness (QED) is 0.626. The molecule has 0 amide bonds. The first-order valence-corrected chi connectivity index (χ1v) is 10.9. The molecule has 5 rings (SSSR count). The molecule has 0 saturated heterocycles. The summed E-state index contributed by atoms with van der Waals surface area (Å²) in [6, 6.07) is 14.4. The predicted octanol–water partition coefficient (Wildman–Crippen LogP) is 4.38. The fourth-order valence-electron chi connectivity index (χ4n) is 4.75. The van der Waals surface area contributed by atoms with Gasteiger partial charge in [-0.15, -0.1) is 0 Å². The maximum Gasteiger partial charge on any atom is 0.307 e. The molecule has 32 heavy (non-hydrogen) atoms. The van der Waals surface area contributed by atoms with Crippen molar-refractivity contribution in [2.24, 2.45) is 17.4 Å². The van der Waals surface area contributed by atoms with Crippen molar-refractivity contribution in [3.05, 3.63) is 71.5 Å². The summed E-state index contributed by atoms with van der Waals surface area (Å²) in [5, 5.41) is 28.2. The van der Waals surface area contributed by atoms with Crippen LogP contribution < -0.4 is 5.32 Å². The molecule has 1 aromatic heterocycles. The average molecular weight is 431 g/mol. The lowest BCUT2D eigenvalue weighted by molar-refractivity contribution is -0.136. The molecule has 3 atom stereocenters. The number of nitrogens with zero attached hydrogens (tertiary/aromatic N) is 5. The molecule has 0 bridgehead atoms. The fourth-order valence-corrected chi connectivity index (χ4v) is 4.75. The maximum absolute atomic E-state index is 11.4. The number of rotatable bonds is 5. The zero-order chi connectivity index (χ0) is 22.2. The van der Waals surface area contributed by atoms with E-state index in [2.05, 4.69) is 50.9 Å². The Balaban J connectivity index is 1.57. The molecule has 8 heteroatoms. The molecule has 3 aromatic rings. The summed E-state index contributed by atoms with van der Waals surface area (Å²) in [7, 11) is 1.91. The summed E-state index contributed by atoms with van der Waals surface area (Å²) >= 11 is 0. The summed E-state index contributed by atoms with van der Waals surface area (Å²) < 4.78 is 1.80. The Hall–Kier alpha value is -3.68. The molecule has 0 aliphatic carbocycles. The van der Waals surface area contributed by atoms with Crippen LogP contribution in [0, 0.1) is 0 Å². The highest BCUT2D eigenvalue weighted by Gasteiger charge is 2.37. The van der Waals surface area contributed by atoms with Crippen molar-refractivity contribution < 1.29 is 9.90 Å². The number of aliphatic carboxylic acids is 1. The number of carbonyl (C=O) groups is 1. The van der Waals surface area contributed by atoms with Gasteiger partial charge in [0.15, 0.2) is 0 Å². The lowest BCUT2D eigenvalue weighted by atomic mass is 9.90. The lowest BCUT2D eigenvalue weighted by Crippen LogP contribution is -2.25. The molecule has 2 aliphatic rings. The van der Waals surface area contributed by atoms with E-state index in [4.69, 9.17) is 0 Å². The third-order valence-electron chi connectivity index (χ3n) is 6.28. The molecule has 0 radical (unpaired) electrons. The third kappa shape index (κ3) is 3.72. The van der Waals surface area contributed by atoms with E-state index in [1.807, 2.05) is 43.7 Å². The van der Waals surface area contributed by atoms with E-state index in [9.17, 15) is 9.90 Å². The molecule has 2 aromatic carbocycles. The van der Waals surface area contributed by atoms with Crippen LogP contribution in [0.2, 0.25) is 0 Å². The summed E-state index contributed by atoms with van der Waals surface area (Å²) in [5.74, 6) is -0.839. The second-order valence-electron chi connectivity index (χ2n) is 8.51. The Kier molecular flexibility index (Phi) is 5.13. The van der Waals surface area contributed by atoms with Gasteiger partial charge in [-0.05, 0) is 47.7 Å². The van der Waals surface area contributed by atoms with E-state index >= 15 is 0 Å². The van der Waals surface area contributed by atoms with E-state index < -0.39 is 5.97 Å². The maximum atomic E-state index is 11.4. The van der Waals surface area contributed by atoms with Crippen molar-refractivity contribution >= 4 is 11.7 Å². The highest BCUT2D eigenvalue weighted by molar-refractivity contribution is 5.73. The Morgan fingerprint density at radius 3 is 2.81 bits per heavy atom. The number of nitrogens with one attached hydrogen (secondary N) is 1. The normalized spacial score (nSPS) is 21.7. The number of hydrogen-bond donors (Lipinski definition) is 2. The number of aryl methyl sites for hydroxylation is 1. The van der Waals surface area contributed by atoms with Gasteiger partial charge in [-0.1, -0.05) is 35.6 Å². The number of hydrogen-bond acceptors (Lipinski definition) is 6. The Bertz CT molecular complexity index is 1190. The van der Waals surface area contributed by atoms with E-state index in [0.717, 1.165) is 35.3 Å². The van der Waals surface area contributed by atoms with Crippen molar-refractivity contribution in [1.29, 1.82) is 0 Å². The number of para-hydroxylation sites is 1. The number of anilines is 1. The standard InChI is InChI=1S/C24H26N6O2/c1-15-24-19-8-7-16(18-13-25-29(2)14-18)11-20(19)22(9-10-30(24)28-27-15)26-21-6-4-3-5-17(21)12-23(31)32/h3-8,11,13-15,22,24,26H,9-10,12H2,1-2H3,(H,31,32). The van der Waals surface area contributed by atoms with Gasteiger partial charge in [-0.3, -0.25) is 14.5 Å². The molecular formula is C24H26N6O2. The molecule has 2 N–H and O–H groups in total. The zero-order valence-corrected chi connectivity index (χ0v) is 18.1. The first-order chi connectivity index (χ1) is 15.5. The Morgan fingerprint density at radius 2 is 2.03 bits per heavy atom. The van der Waals surface area contributed by atoms with Crippen molar-refractivity contribution in [1.82, 2.24) is 14.8 Å². The van der Waals surface area contributed by atoms with E-state index in [1.165, 1.54) is 11.1 Å². The van der Waals surface area contributed by atoms with Gasteiger partial charge in [0.05, 0.1) is 30.7 Å². The van der Waals surface area contributed by atoms with Crippen LogP contribution in [-0.2, 0) is 18.3 Å². The number of carboxylic acids is 1. The predicted molar refractivity (Wildman–Crippen MR) is 121 cm³/mol. The Morgan fingerprint density at radius 1 is 1.19 bits per heavy atom. The van der Waals surface area contributed by atoms with Crippen molar-refractivity contribution in [3.63, 3.8) is 0 Å². The van der Waals surface area contributed by atoms with Gasteiger partial charge in [0.25, 0.3) is 0 Å². The van der Waals surface area contributed by atoms with Crippen molar-refractivity contribution in [3.8, 4) is 11.1 Å². The summed E-state index contributed by atoms with van der Waals surface area (Å²) in [5.41, 5.74) is 6.21. The minimum Gasteiger partial charge on any atom is -0.481 e. The fraction of sp³-hybridized carbons (Fsp3) is 0.333. The molecule has 3 heterocycles. The minimum absolute atomic E-state index is 0.0154. The summed E-state index contributed by atoms with van der Waals surface area (Å²) in [6.07, 6.45) is 4.70. The van der Waals surface area contributed by atoms with Crippen LogP contribution in [0.15, 0.2) is 65.2 Å². The molecule has 3 unspecified atom stereocenters.